The second-order valence-electron chi connectivity index (χ2n) is 9.13. The largest absolute Gasteiger partial charge is 0.416 e. The molecule has 4 rings (SSSR count). The third kappa shape index (κ3) is 5.36. The van der Waals surface area contributed by atoms with Gasteiger partial charge >= 0.3 is 12.2 Å². The number of hydrogen-bond acceptors (Lipinski definition) is 4. The topological polar surface area (TPSA) is 53.1 Å². The molecule has 0 N–H and O–H groups in total. The molecule has 0 aromatic heterocycles. The number of amides is 3. The van der Waals surface area contributed by atoms with Gasteiger partial charge in [0.2, 0.25) is 0 Å². The van der Waals surface area contributed by atoms with Crippen molar-refractivity contribution in [2.45, 2.75) is 37.5 Å². The molecule has 3 amide bonds. The summed E-state index contributed by atoms with van der Waals surface area (Å²) in [5.74, 6) is -0.187. The van der Waals surface area contributed by atoms with Crippen molar-refractivity contribution in [2.75, 3.05) is 39.9 Å². The van der Waals surface area contributed by atoms with Gasteiger partial charge in [-0.2, -0.15) is 13.2 Å². The molecule has 2 aliphatic heterocycles. The number of rotatable bonds is 8. The Bertz CT molecular complexity index is 1040. The maximum atomic E-state index is 13.6. The lowest BCUT2D eigenvalue weighted by Gasteiger charge is -2.42. The van der Waals surface area contributed by atoms with Gasteiger partial charge in [-0.1, -0.05) is 48.5 Å². The fourth-order valence-electron chi connectivity index (χ4n) is 5.03. The molecule has 0 aliphatic carbocycles. The number of benzene rings is 2. The minimum atomic E-state index is -4.39. The smallest absolute Gasteiger partial charge is 0.383 e. The Balaban J connectivity index is 1.46. The van der Waals surface area contributed by atoms with Gasteiger partial charge in [-0.15, -0.1) is 0 Å². The van der Waals surface area contributed by atoms with Gasteiger partial charge in [0.25, 0.3) is 5.91 Å². The van der Waals surface area contributed by atoms with Crippen molar-refractivity contribution >= 4 is 11.9 Å². The lowest BCUT2D eigenvalue weighted by atomic mass is 9.85. The molecule has 2 aromatic rings. The summed E-state index contributed by atoms with van der Waals surface area (Å²) in [4.78, 5) is 31.9. The van der Waals surface area contributed by atoms with Crippen LogP contribution in [0.25, 0.3) is 0 Å². The van der Waals surface area contributed by atoms with Crippen molar-refractivity contribution in [3.8, 4) is 0 Å². The summed E-state index contributed by atoms with van der Waals surface area (Å²) in [6.45, 7) is 2.31. The molecule has 188 valence electrons. The van der Waals surface area contributed by atoms with Crippen molar-refractivity contribution in [1.29, 1.82) is 0 Å². The van der Waals surface area contributed by atoms with Crippen LogP contribution in [0.2, 0.25) is 0 Å². The van der Waals surface area contributed by atoms with E-state index in [2.05, 4.69) is 0 Å². The first-order valence-electron chi connectivity index (χ1n) is 11.8. The molecule has 0 atom stereocenters. The predicted molar refractivity (Wildman–Crippen MR) is 125 cm³/mol. The Kier molecular flexibility index (Phi) is 7.47. The third-order valence-electron chi connectivity index (χ3n) is 6.95. The minimum absolute atomic E-state index is 0.187. The average molecular weight is 490 g/mol. The van der Waals surface area contributed by atoms with Gasteiger partial charge in [-0.25, -0.2) is 4.79 Å². The predicted octanol–water partition coefficient (Wildman–Crippen LogP) is 4.19. The highest BCUT2D eigenvalue weighted by atomic mass is 19.4. The van der Waals surface area contributed by atoms with E-state index in [1.165, 1.54) is 17.0 Å². The molecule has 0 bridgehead atoms. The van der Waals surface area contributed by atoms with E-state index in [0.717, 1.165) is 11.6 Å². The van der Waals surface area contributed by atoms with Crippen LogP contribution in [0.3, 0.4) is 0 Å². The van der Waals surface area contributed by atoms with Gasteiger partial charge in [-0.3, -0.25) is 14.6 Å². The first-order chi connectivity index (χ1) is 16.7. The van der Waals surface area contributed by atoms with Crippen LogP contribution >= 0.6 is 0 Å². The molecule has 0 unspecified atom stereocenters. The highest BCUT2D eigenvalue weighted by molar-refractivity contribution is 6.07. The molecule has 1 spiro atoms. The summed E-state index contributed by atoms with van der Waals surface area (Å²) in [7, 11) is 1.56. The van der Waals surface area contributed by atoms with E-state index in [-0.39, 0.29) is 11.9 Å². The molecule has 2 heterocycles. The Morgan fingerprint density at radius 3 is 2.29 bits per heavy atom. The molecule has 2 fully saturated rings. The molecule has 0 radical (unpaired) electrons. The number of carbonyl (C=O) groups excluding carboxylic acids is 2. The SMILES string of the molecule is COCCN1C(=O)N(CCc2ccccc2)C(=O)C12CCN(Cc1cccc(C(F)(F)F)c1)CC2. The molecule has 0 saturated carbocycles. The van der Waals surface area contributed by atoms with Crippen LogP contribution in [0.15, 0.2) is 54.6 Å². The molecular weight excluding hydrogens is 459 g/mol. The van der Waals surface area contributed by atoms with Crippen LogP contribution < -0.4 is 0 Å². The summed E-state index contributed by atoms with van der Waals surface area (Å²) in [5, 5.41) is 0. The number of imide groups is 1. The highest BCUT2D eigenvalue weighted by Crippen LogP contribution is 2.38. The standard InChI is InChI=1S/C26H30F3N3O3/c1-35-17-16-32-24(34)31(13-10-20-6-3-2-4-7-20)23(33)25(32)11-14-30(15-12-25)19-21-8-5-9-22(18-21)26(27,28)29/h2-9,18H,10-17,19H2,1H3. The van der Waals surface area contributed by atoms with Crippen molar-refractivity contribution in [2.24, 2.45) is 0 Å². The van der Waals surface area contributed by atoms with Gasteiger partial charge in [0, 0.05) is 39.8 Å². The van der Waals surface area contributed by atoms with Gasteiger partial charge in [-0.05, 0) is 36.5 Å². The van der Waals surface area contributed by atoms with Gasteiger partial charge < -0.3 is 9.64 Å². The Morgan fingerprint density at radius 2 is 1.63 bits per heavy atom. The number of halogens is 3. The van der Waals surface area contributed by atoms with Crippen molar-refractivity contribution < 1.29 is 27.5 Å². The maximum Gasteiger partial charge on any atom is 0.416 e. The zero-order chi connectivity index (χ0) is 25.1. The molecular formula is C26H30F3N3O3. The Labute approximate surface area is 203 Å². The number of methoxy groups -OCH3 is 1. The number of hydrogen-bond donors (Lipinski definition) is 0. The second kappa shape index (κ2) is 10.4. The van der Waals surface area contributed by atoms with Crippen LogP contribution in [-0.4, -0.2) is 72.1 Å². The van der Waals surface area contributed by atoms with E-state index in [1.54, 1.807) is 18.1 Å². The highest BCUT2D eigenvalue weighted by Gasteiger charge is 2.57. The molecule has 2 aliphatic rings. The summed E-state index contributed by atoms with van der Waals surface area (Å²) >= 11 is 0. The first-order valence-corrected chi connectivity index (χ1v) is 11.8. The zero-order valence-electron chi connectivity index (χ0n) is 19.8. The van der Waals surface area contributed by atoms with E-state index < -0.39 is 17.3 Å². The average Bonchev–Trinajstić information content (AvgIpc) is 3.03. The van der Waals surface area contributed by atoms with Crippen LogP contribution in [0.5, 0.6) is 0 Å². The number of alkyl halides is 3. The zero-order valence-corrected chi connectivity index (χ0v) is 19.8. The Morgan fingerprint density at radius 1 is 0.943 bits per heavy atom. The van der Waals surface area contributed by atoms with Crippen LogP contribution in [-0.2, 0) is 28.7 Å². The van der Waals surface area contributed by atoms with Gasteiger partial charge in [0.05, 0.1) is 12.2 Å². The van der Waals surface area contributed by atoms with E-state index in [4.69, 9.17) is 4.74 Å². The number of ether oxygens (including phenoxy) is 1. The fourth-order valence-corrected chi connectivity index (χ4v) is 5.03. The van der Waals surface area contributed by atoms with E-state index in [1.807, 2.05) is 35.2 Å². The number of urea groups is 1. The molecule has 9 heteroatoms. The van der Waals surface area contributed by atoms with Crippen LogP contribution in [0, 0.1) is 0 Å². The summed E-state index contributed by atoms with van der Waals surface area (Å²) < 4.78 is 44.4. The number of likely N-dealkylation sites (tertiary alicyclic amines) is 1. The lowest BCUT2D eigenvalue weighted by molar-refractivity contribution is -0.138. The lowest BCUT2D eigenvalue weighted by Crippen LogP contribution is -2.57. The van der Waals surface area contributed by atoms with Crippen molar-refractivity contribution in [3.05, 3.63) is 71.3 Å². The quantitative estimate of drug-likeness (QED) is 0.522. The third-order valence-corrected chi connectivity index (χ3v) is 6.95. The maximum absolute atomic E-state index is 13.6. The molecule has 6 nitrogen and oxygen atoms in total. The van der Waals surface area contributed by atoms with E-state index >= 15 is 0 Å². The van der Waals surface area contributed by atoms with Crippen LogP contribution in [0.1, 0.15) is 29.5 Å². The fraction of sp³-hybridized carbons (Fsp3) is 0.462. The number of piperidine rings is 1. The van der Waals surface area contributed by atoms with Gasteiger partial charge in [0.15, 0.2) is 0 Å². The Hall–Kier alpha value is -2.91. The van der Waals surface area contributed by atoms with E-state index in [0.29, 0.717) is 64.2 Å². The van der Waals surface area contributed by atoms with Crippen LogP contribution in [0.4, 0.5) is 18.0 Å². The van der Waals surface area contributed by atoms with Crippen molar-refractivity contribution in [3.63, 3.8) is 0 Å². The summed E-state index contributed by atoms with van der Waals surface area (Å²) in [6, 6.07) is 14.7. The molecule has 2 saturated heterocycles. The number of carbonyl (C=O) groups is 2. The molecule has 2 aromatic carbocycles. The minimum Gasteiger partial charge on any atom is -0.383 e. The number of nitrogens with zero attached hydrogens (tertiary/aromatic N) is 3. The normalized spacial score (nSPS) is 18.6. The summed E-state index contributed by atoms with van der Waals surface area (Å²) in [5.41, 5.74) is 0.0231. The van der Waals surface area contributed by atoms with Gasteiger partial charge in [0.1, 0.15) is 5.54 Å². The summed E-state index contributed by atoms with van der Waals surface area (Å²) in [6.07, 6.45) is -2.94. The van der Waals surface area contributed by atoms with E-state index in [9.17, 15) is 22.8 Å². The first kappa shape index (κ1) is 25.2. The monoisotopic (exact) mass is 489 g/mol. The molecule has 35 heavy (non-hydrogen) atoms. The second-order valence-corrected chi connectivity index (χ2v) is 9.13. The van der Waals surface area contributed by atoms with Crippen molar-refractivity contribution in [1.82, 2.24) is 14.7 Å².